The molecule has 0 heterocycles. The molecule has 0 aliphatic rings. The lowest BCUT2D eigenvalue weighted by Crippen LogP contribution is -2.66. The molecule has 0 spiro atoms. The Labute approximate surface area is 141 Å². The number of hydrogen-bond donors (Lipinski definition) is 0. The van der Waals surface area contributed by atoms with Gasteiger partial charge in [-0.05, 0) is 20.4 Å². The van der Waals surface area contributed by atoms with Crippen LogP contribution in [0.1, 0.15) is 0 Å². The molecule has 0 unspecified atom stereocenters. The van der Waals surface area contributed by atoms with Gasteiger partial charge in [-0.15, -0.1) is 5.54 Å². The Hall–Kier alpha value is -2.08. The predicted molar refractivity (Wildman–Crippen MR) is 101 cm³/mol. The van der Waals surface area contributed by atoms with Gasteiger partial charge >= 0.3 is 0 Å². The topological polar surface area (TPSA) is 0 Å². The second-order valence-corrected chi connectivity index (χ2v) is 8.95. The Morgan fingerprint density at radius 3 is 1.14 bits per heavy atom. The first-order valence-electron chi connectivity index (χ1n) is 7.17. The summed E-state index contributed by atoms with van der Waals surface area (Å²) in [6.45, 7) is 0. The fourth-order valence-corrected chi connectivity index (χ4v) is 7.40. The molecule has 0 aliphatic carbocycles. The van der Waals surface area contributed by atoms with Gasteiger partial charge in [-0.3, -0.25) is 0 Å². The van der Waals surface area contributed by atoms with E-state index in [-0.39, 0.29) is 0 Å². The average Bonchev–Trinajstić information content (AvgIpc) is 2.62. The SMILES string of the molecule is BrC#C[Si](c1ccccc1)(c1ccccc1)c1ccccc1. The number of hydrogen-bond acceptors (Lipinski definition) is 0. The van der Waals surface area contributed by atoms with Gasteiger partial charge in [-0.1, -0.05) is 91.0 Å². The van der Waals surface area contributed by atoms with Gasteiger partial charge in [-0.2, -0.15) is 0 Å². The van der Waals surface area contributed by atoms with Crippen LogP contribution >= 0.6 is 15.9 Å². The molecule has 22 heavy (non-hydrogen) atoms. The van der Waals surface area contributed by atoms with E-state index in [1.165, 1.54) is 15.6 Å². The first-order valence-corrected chi connectivity index (χ1v) is 9.96. The van der Waals surface area contributed by atoms with Crippen LogP contribution in [0.25, 0.3) is 0 Å². The van der Waals surface area contributed by atoms with Gasteiger partial charge < -0.3 is 0 Å². The van der Waals surface area contributed by atoms with Gasteiger partial charge in [0.25, 0.3) is 0 Å². The van der Waals surface area contributed by atoms with E-state index >= 15 is 0 Å². The van der Waals surface area contributed by atoms with E-state index in [1.54, 1.807) is 0 Å². The van der Waals surface area contributed by atoms with Crippen molar-refractivity contribution in [1.82, 2.24) is 0 Å². The molecule has 106 valence electrons. The molecule has 0 fully saturated rings. The summed E-state index contributed by atoms with van der Waals surface area (Å²) in [6, 6.07) is 31.9. The van der Waals surface area contributed by atoms with Crippen molar-refractivity contribution in [3.8, 4) is 10.4 Å². The molecule has 0 radical (unpaired) electrons. The molecule has 0 saturated carbocycles. The lowest BCUT2D eigenvalue weighted by Gasteiger charge is -2.27. The Kier molecular flexibility index (Phi) is 4.58. The quantitative estimate of drug-likeness (QED) is 0.381. The van der Waals surface area contributed by atoms with E-state index in [1.807, 2.05) is 0 Å². The molecule has 0 N–H and O–H groups in total. The van der Waals surface area contributed by atoms with Gasteiger partial charge in [0.15, 0.2) is 0 Å². The minimum atomic E-state index is -2.33. The number of benzene rings is 3. The molecular formula is C20H15BrSi. The molecule has 0 aromatic heterocycles. The van der Waals surface area contributed by atoms with Crippen LogP contribution in [0.15, 0.2) is 91.0 Å². The third-order valence-corrected chi connectivity index (χ3v) is 8.52. The van der Waals surface area contributed by atoms with Crippen LogP contribution in [0.4, 0.5) is 0 Å². The fraction of sp³-hybridized carbons (Fsp3) is 0. The van der Waals surface area contributed by atoms with E-state index in [2.05, 4.69) is 117 Å². The normalized spacial score (nSPS) is 10.6. The number of rotatable bonds is 3. The van der Waals surface area contributed by atoms with E-state index in [0.717, 1.165) is 0 Å². The van der Waals surface area contributed by atoms with Crippen LogP contribution in [0.5, 0.6) is 0 Å². The fourth-order valence-electron chi connectivity index (χ4n) is 2.85. The van der Waals surface area contributed by atoms with Crippen molar-refractivity contribution in [3.63, 3.8) is 0 Å². The van der Waals surface area contributed by atoms with Gasteiger partial charge in [0.2, 0.25) is 8.07 Å². The number of halogens is 1. The van der Waals surface area contributed by atoms with E-state index in [9.17, 15) is 0 Å². The van der Waals surface area contributed by atoms with E-state index in [4.69, 9.17) is 0 Å². The minimum absolute atomic E-state index is 1.30. The largest absolute Gasteiger partial charge is 0.230 e. The van der Waals surface area contributed by atoms with Crippen molar-refractivity contribution in [2.24, 2.45) is 0 Å². The van der Waals surface area contributed by atoms with Crippen LogP contribution in [-0.2, 0) is 0 Å². The zero-order valence-electron chi connectivity index (χ0n) is 12.0. The summed E-state index contributed by atoms with van der Waals surface area (Å²) in [5.41, 5.74) is 3.55. The van der Waals surface area contributed by atoms with Crippen molar-refractivity contribution >= 4 is 39.6 Å². The lowest BCUT2D eigenvalue weighted by molar-refractivity contribution is 1.69. The highest BCUT2D eigenvalue weighted by atomic mass is 79.9. The van der Waals surface area contributed by atoms with Gasteiger partial charge in [0.1, 0.15) is 0 Å². The summed E-state index contributed by atoms with van der Waals surface area (Å²) >= 11 is 3.35. The smallest absolute Gasteiger partial charge is 0.102 e. The molecule has 0 aliphatic heterocycles. The van der Waals surface area contributed by atoms with Gasteiger partial charge in [-0.25, -0.2) is 0 Å². The molecule has 0 atom stereocenters. The van der Waals surface area contributed by atoms with Crippen molar-refractivity contribution < 1.29 is 0 Å². The molecule has 3 aromatic carbocycles. The molecule has 0 saturated heterocycles. The third kappa shape index (κ3) is 2.66. The second-order valence-electron chi connectivity index (χ2n) is 5.07. The molecule has 2 heteroatoms. The van der Waals surface area contributed by atoms with E-state index in [0.29, 0.717) is 0 Å². The van der Waals surface area contributed by atoms with Crippen LogP contribution in [0, 0.1) is 10.4 Å². The summed E-state index contributed by atoms with van der Waals surface area (Å²) in [5, 5.41) is 3.91. The summed E-state index contributed by atoms with van der Waals surface area (Å²) in [7, 11) is -2.33. The maximum atomic E-state index is 3.55. The molecule has 0 nitrogen and oxygen atoms in total. The highest BCUT2D eigenvalue weighted by molar-refractivity contribution is 9.12. The Morgan fingerprint density at radius 2 is 0.864 bits per heavy atom. The predicted octanol–water partition coefficient (Wildman–Crippen LogP) is 3.05. The van der Waals surface area contributed by atoms with Gasteiger partial charge in [0, 0.05) is 15.9 Å². The summed E-state index contributed by atoms with van der Waals surface area (Å²) in [5.74, 6) is 0. The van der Waals surface area contributed by atoms with Crippen LogP contribution in [0.3, 0.4) is 0 Å². The molecule has 0 bridgehead atoms. The zero-order chi connectivity index (χ0) is 15.3. The minimum Gasteiger partial charge on any atom is -0.102 e. The van der Waals surface area contributed by atoms with Crippen molar-refractivity contribution in [1.29, 1.82) is 0 Å². The zero-order valence-corrected chi connectivity index (χ0v) is 14.6. The maximum absolute atomic E-state index is 3.55. The van der Waals surface area contributed by atoms with Crippen LogP contribution in [0.2, 0.25) is 0 Å². The second kappa shape index (κ2) is 6.78. The molecule has 3 aromatic rings. The summed E-state index contributed by atoms with van der Waals surface area (Å²) in [6.07, 6.45) is 0. The van der Waals surface area contributed by atoms with Crippen molar-refractivity contribution in [3.05, 3.63) is 91.0 Å². The first kappa shape index (κ1) is 14.8. The van der Waals surface area contributed by atoms with Crippen LogP contribution in [-0.4, -0.2) is 8.07 Å². The third-order valence-electron chi connectivity index (χ3n) is 3.86. The Morgan fingerprint density at radius 1 is 0.545 bits per heavy atom. The summed E-state index contributed by atoms with van der Waals surface area (Å²) < 4.78 is 0. The average molecular weight is 363 g/mol. The standard InChI is InChI=1S/C20H15BrSi/c21-16-17-22(18-10-4-1-5-11-18,19-12-6-2-7-13-19)20-14-8-3-9-15-20/h1-15H. The molecule has 0 amide bonds. The molecular weight excluding hydrogens is 348 g/mol. The highest BCUT2D eigenvalue weighted by Gasteiger charge is 2.38. The van der Waals surface area contributed by atoms with Crippen LogP contribution < -0.4 is 15.6 Å². The molecule has 3 rings (SSSR count). The van der Waals surface area contributed by atoms with Crippen molar-refractivity contribution in [2.45, 2.75) is 0 Å². The Bertz CT molecular complexity index is 690. The highest BCUT2D eigenvalue weighted by Crippen LogP contribution is 2.07. The van der Waals surface area contributed by atoms with Gasteiger partial charge in [0.05, 0.1) is 0 Å². The van der Waals surface area contributed by atoms with E-state index < -0.39 is 8.07 Å². The maximum Gasteiger partial charge on any atom is 0.230 e. The van der Waals surface area contributed by atoms with Crippen molar-refractivity contribution in [2.75, 3.05) is 0 Å². The summed E-state index contributed by atoms with van der Waals surface area (Å²) in [4.78, 5) is 3.03. The monoisotopic (exact) mass is 362 g/mol. The first-order chi connectivity index (χ1) is 10.9. The lowest BCUT2D eigenvalue weighted by atomic mass is 10.3. The Balaban J connectivity index is 2.36.